The molecule has 2 aromatic rings. The molecule has 1 heterocycles. The fourth-order valence-corrected chi connectivity index (χ4v) is 2.22. The fraction of sp³-hybridized carbons (Fsp3) is 0.0833. The molecule has 0 saturated carbocycles. The van der Waals surface area contributed by atoms with E-state index in [2.05, 4.69) is 10.3 Å². The number of carbonyl (C=O) groups excluding carboxylic acids is 1. The van der Waals surface area contributed by atoms with E-state index in [0.717, 1.165) is 11.3 Å². The molecule has 98 valence electrons. The predicted molar refractivity (Wildman–Crippen MR) is 68.2 cm³/mol. The van der Waals surface area contributed by atoms with Gasteiger partial charge in [0.25, 0.3) is 5.91 Å². The van der Waals surface area contributed by atoms with E-state index in [-0.39, 0.29) is 15.6 Å². The Kier molecular flexibility index (Phi) is 3.57. The molecular weight excluding hydrogens is 271 g/mol. The Labute approximate surface area is 111 Å². The van der Waals surface area contributed by atoms with E-state index >= 15 is 0 Å². The zero-order valence-corrected chi connectivity index (χ0v) is 10.6. The monoisotopic (exact) mass is 280 g/mol. The highest BCUT2D eigenvalue weighted by molar-refractivity contribution is 7.17. The number of hydrogen-bond donors (Lipinski definition) is 2. The lowest BCUT2D eigenvalue weighted by Crippen LogP contribution is -2.11. The van der Waals surface area contributed by atoms with Gasteiger partial charge in [-0.25, -0.2) is 14.2 Å². The molecule has 1 amide bonds. The number of halogens is 1. The van der Waals surface area contributed by atoms with Crippen molar-refractivity contribution in [1.29, 1.82) is 0 Å². The van der Waals surface area contributed by atoms with Crippen LogP contribution in [-0.4, -0.2) is 22.0 Å². The van der Waals surface area contributed by atoms with E-state index in [1.807, 2.05) is 0 Å². The molecule has 1 aromatic carbocycles. The van der Waals surface area contributed by atoms with Crippen molar-refractivity contribution in [3.8, 4) is 0 Å². The molecule has 0 unspecified atom stereocenters. The van der Waals surface area contributed by atoms with E-state index in [0.29, 0.717) is 5.69 Å². The second-order valence-electron chi connectivity index (χ2n) is 3.70. The minimum atomic E-state index is -1.09. The first-order valence-electron chi connectivity index (χ1n) is 5.25. The van der Waals surface area contributed by atoms with Crippen LogP contribution in [0.1, 0.15) is 25.7 Å². The third-order valence-corrected chi connectivity index (χ3v) is 3.38. The minimum absolute atomic E-state index is 0.0782. The second kappa shape index (κ2) is 5.15. The van der Waals surface area contributed by atoms with Crippen molar-refractivity contribution >= 4 is 28.3 Å². The maximum Gasteiger partial charge on any atom is 0.347 e. The van der Waals surface area contributed by atoms with Gasteiger partial charge in [-0.3, -0.25) is 10.1 Å². The predicted octanol–water partition coefficient (Wildman–Crippen LogP) is 2.54. The minimum Gasteiger partial charge on any atom is -0.477 e. The Balaban J connectivity index is 2.17. The molecule has 0 radical (unpaired) electrons. The van der Waals surface area contributed by atoms with Gasteiger partial charge in [0, 0.05) is 5.56 Å². The number of carboxylic acids is 1. The van der Waals surface area contributed by atoms with Crippen molar-refractivity contribution < 1.29 is 19.1 Å². The van der Waals surface area contributed by atoms with Crippen LogP contribution in [0.15, 0.2) is 24.3 Å². The van der Waals surface area contributed by atoms with Crippen LogP contribution in [0, 0.1) is 12.7 Å². The largest absolute Gasteiger partial charge is 0.477 e. The summed E-state index contributed by atoms with van der Waals surface area (Å²) in [4.78, 5) is 26.7. The number of carboxylic acid groups (broad SMARTS) is 1. The number of benzene rings is 1. The third-order valence-electron chi connectivity index (χ3n) is 2.32. The Morgan fingerprint density at radius 3 is 2.47 bits per heavy atom. The first-order valence-corrected chi connectivity index (χ1v) is 6.06. The molecule has 2 N–H and O–H groups in total. The molecule has 0 aliphatic carbocycles. The Hall–Kier alpha value is -2.28. The quantitative estimate of drug-likeness (QED) is 0.905. The third kappa shape index (κ3) is 2.94. The standard InChI is InChI=1S/C12H9FN2O3S/c1-6-9(11(17)18)19-12(14-6)15-10(16)7-2-4-8(13)5-3-7/h2-5H,1H3,(H,17,18)(H,14,15,16). The average Bonchev–Trinajstić information content (AvgIpc) is 2.71. The molecule has 0 aliphatic heterocycles. The van der Waals surface area contributed by atoms with Crippen LogP contribution >= 0.6 is 11.3 Å². The van der Waals surface area contributed by atoms with Crippen molar-refractivity contribution in [1.82, 2.24) is 4.98 Å². The van der Waals surface area contributed by atoms with Crippen molar-refractivity contribution in [2.24, 2.45) is 0 Å². The number of nitrogens with one attached hydrogen (secondary N) is 1. The van der Waals surface area contributed by atoms with Gasteiger partial charge in [0.15, 0.2) is 5.13 Å². The Morgan fingerprint density at radius 2 is 1.95 bits per heavy atom. The van der Waals surface area contributed by atoms with Gasteiger partial charge in [0.05, 0.1) is 5.69 Å². The van der Waals surface area contributed by atoms with Crippen molar-refractivity contribution in [3.63, 3.8) is 0 Å². The van der Waals surface area contributed by atoms with E-state index in [4.69, 9.17) is 5.11 Å². The number of carbonyl (C=O) groups is 2. The second-order valence-corrected chi connectivity index (χ2v) is 4.70. The molecule has 0 bridgehead atoms. The molecule has 0 aliphatic rings. The molecule has 5 nitrogen and oxygen atoms in total. The molecule has 0 saturated heterocycles. The highest BCUT2D eigenvalue weighted by Gasteiger charge is 2.16. The van der Waals surface area contributed by atoms with Gasteiger partial charge in [-0.05, 0) is 31.2 Å². The average molecular weight is 280 g/mol. The highest BCUT2D eigenvalue weighted by Crippen LogP contribution is 2.22. The van der Waals surface area contributed by atoms with Gasteiger partial charge in [-0.2, -0.15) is 0 Å². The molecule has 19 heavy (non-hydrogen) atoms. The summed E-state index contributed by atoms with van der Waals surface area (Å²) in [5.41, 5.74) is 0.609. The van der Waals surface area contributed by atoms with E-state index in [9.17, 15) is 14.0 Å². The van der Waals surface area contributed by atoms with Gasteiger partial charge < -0.3 is 5.11 Å². The van der Waals surface area contributed by atoms with Gasteiger partial charge in [-0.1, -0.05) is 11.3 Å². The smallest absolute Gasteiger partial charge is 0.347 e. The number of nitrogens with zero attached hydrogens (tertiary/aromatic N) is 1. The van der Waals surface area contributed by atoms with Gasteiger partial charge >= 0.3 is 5.97 Å². The van der Waals surface area contributed by atoms with Crippen LogP contribution in [-0.2, 0) is 0 Å². The summed E-state index contributed by atoms with van der Waals surface area (Å²) in [7, 11) is 0. The lowest BCUT2D eigenvalue weighted by atomic mass is 10.2. The van der Waals surface area contributed by atoms with E-state index in [1.54, 1.807) is 6.92 Å². The molecule has 2 rings (SSSR count). The van der Waals surface area contributed by atoms with E-state index in [1.165, 1.54) is 24.3 Å². The molecule has 0 fully saturated rings. The van der Waals surface area contributed by atoms with Crippen LogP contribution in [0.3, 0.4) is 0 Å². The van der Waals surface area contributed by atoms with Crippen molar-refractivity contribution in [2.45, 2.75) is 6.92 Å². The van der Waals surface area contributed by atoms with Gasteiger partial charge in [0.2, 0.25) is 0 Å². The zero-order valence-electron chi connectivity index (χ0n) is 9.81. The SMILES string of the molecule is Cc1nc(NC(=O)c2ccc(F)cc2)sc1C(=O)O. The molecule has 1 aromatic heterocycles. The molecular formula is C12H9FN2O3S. The fourth-order valence-electron chi connectivity index (χ4n) is 1.42. The summed E-state index contributed by atoms with van der Waals surface area (Å²) in [6, 6.07) is 5.02. The van der Waals surface area contributed by atoms with Crippen molar-refractivity contribution in [2.75, 3.05) is 5.32 Å². The summed E-state index contributed by atoms with van der Waals surface area (Å²) >= 11 is 0.877. The maximum atomic E-state index is 12.7. The number of aromatic carboxylic acids is 1. The number of rotatable bonds is 3. The Bertz CT molecular complexity index is 637. The lowest BCUT2D eigenvalue weighted by Gasteiger charge is -2.00. The number of anilines is 1. The number of aromatic nitrogens is 1. The normalized spacial score (nSPS) is 10.2. The molecule has 0 spiro atoms. The number of thiazole rings is 1. The van der Waals surface area contributed by atoms with Crippen LogP contribution in [0.2, 0.25) is 0 Å². The van der Waals surface area contributed by atoms with Crippen LogP contribution in [0.4, 0.5) is 9.52 Å². The number of hydrogen-bond acceptors (Lipinski definition) is 4. The van der Waals surface area contributed by atoms with Crippen molar-refractivity contribution in [3.05, 3.63) is 46.2 Å². The first kappa shape index (κ1) is 13.2. The lowest BCUT2D eigenvalue weighted by molar-refractivity contribution is 0.0701. The number of aryl methyl sites for hydroxylation is 1. The topological polar surface area (TPSA) is 79.3 Å². The first-order chi connectivity index (χ1) is 8.97. The Morgan fingerprint density at radius 1 is 1.32 bits per heavy atom. The van der Waals surface area contributed by atoms with E-state index < -0.39 is 17.7 Å². The van der Waals surface area contributed by atoms with Crippen LogP contribution in [0.5, 0.6) is 0 Å². The number of amides is 1. The summed E-state index contributed by atoms with van der Waals surface area (Å²) in [6.07, 6.45) is 0. The zero-order chi connectivity index (χ0) is 14.0. The summed E-state index contributed by atoms with van der Waals surface area (Å²) in [5.74, 6) is -1.99. The molecule has 7 heteroatoms. The maximum absolute atomic E-state index is 12.7. The molecule has 0 atom stereocenters. The van der Waals surface area contributed by atoms with Gasteiger partial charge in [-0.15, -0.1) is 0 Å². The highest BCUT2D eigenvalue weighted by atomic mass is 32.1. The summed E-state index contributed by atoms with van der Waals surface area (Å²) < 4.78 is 12.7. The van der Waals surface area contributed by atoms with Gasteiger partial charge in [0.1, 0.15) is 10.7 Å². The van der Waals surface area contributed by atoms with Crippen LogP contribution in [0.25, 0.3) is 0 Å². The summed E-state index contributed by atoms with van der Waals surface area (Å²) in [6.45, 7) is 1.55. The summed E-state index contributed by atoms with van der Waals surface area (Å²) in [5, 5.41) is 11.6. The van der Waals surface area contributed by atoms with Crippen LogP contribution < -0.4 is 5.32 Å².